The van der Waals surface area contributed by atoms with Gasteiger partial charge in [0.2, 0.25) is 5.91 Å². The highest BCUT2D eigenvalue weighted by Crippen LogP contribution is 2.41. The Morgan fingerprint density at radius 1 is 1.08 bits per heavy atom. The molecule has 1 spiro atoms. The first-order valence-electron chi connectivity index (χ1n) is 8.51. The number of hydrogen-bond donors (Lipinski definition) is 0. The SMILES string of the molecule is CC(C)C(=O)N1CC2(CN(C(=O)c3ccccc3-n3cncn3)C2)C1. The minimum absolute atomic E-state index is 0.00496. The number of carbonyl (C=O) groups excluding carboxylic acids is 2. The average Bonchev–Trinajstić information content (AvgIpc) is 3.06. The van der Waals surface area contributed by atoms with Crippen LogP contribution in [-0.4, -0.2) is 62.6 Å². The lowest BCUT2D eigenvalue weighted by Crippen LogP contribution is -2.74. The van der Waals surface area contributed by atoms with Crippen LogP contribution in [0.5, 0.6) is 0 Å². The molecule has 1 aromatic carbocycles. The molecule has 1 aromatic heterocycles. The molecular formula is C18H21N5O2. The molecule has 0 aliphatic carbocycles. The molecule has 4 rings (SSSR count). The number of rotatable bonds is 3. The van der Waals surface area contributed by atoms with E-state index in [9.17, 15) is 9.59 Å². The molecule has 0 radical (unpaired) electrons. The van der Waals surface area contributed by atoms with Crippen molar-refractivity contribution in [2.45, 2.75) is 13.8 Å². The van der Waals surface area contributed by atoms with E-state index < -0.39 is 0 Å². The maximum absolute atomic E-state index is 12.9. The summed E-state index contributed by atoms with van der Waals surface area (Å²) in [5.41, 5.74) is 1.45. The lowest BCUT2D eigenvalue weighted by Gasteiger charge is -2.60. The summed E-state index contributed by atoms with van der Waals surface area (Å²) in [5, 5.41) is 4.13. The predicted molar refractivity (Wildman–Crippen MR) is 91.1 cm³/mol. The van der Waals surface area contributed by atoms with Crippen LogP contribution in [0.4, 0.5) is 0 Å². The van der Waals surface area contributed by atoms with Gasteiger partial charge in [-0.15, -0.1) is 0 Å². The van der Waals surface area contributed by atoms with Gasteiger partial charge in [-0.05, 0) is 12.1 Å². The summed E-state index contributed by atoms with van der Waals surface area (Å²) in [7, 11) is 0. The van der Waals surface area contributed by atoms with Gasteiger partial charge in [0.25, 0.3) is 5.91 Å². The second-order valence-electron chi connectivity index (χ2n) is 7.37. The van der Waals surface area contributed by atoms with E-state index in [0.717, 1.165) is 18.8 Å². The van der Waals surface area contributed by atoms with E-state index in [0.29, 0.717) is 18.7 Å². The summed E-state index contributed by atoms with van der Waals surface area (Å²) in [6.45, 7) is 6.78. The summed E-state index contributed by atoms with van der Waals surface area (Å²) < 4.78 is 1.61. The summed E-state index contributed by atoms with van der Waals surface area (Å²) >= 11 is 0. The Kier molecular flexibility index (Phi) is 3.59. The van der Waals surface area contributed by atoms with Crippen LogP contribution >= 0.6 is 0 Å². The van der Waals surface area contributed by atoms with E-state index in [4.69, 9.17) is 0 Å². The molecule has 0 unspecified atom stereocenters. The second kappa shape index (κ2) is 5.68. The highest BCUT2D eigenvalue weighted by Gasteiger charge is 2.54. The lowest BCUT2D eigenvalue weighted by atomic mass is 9.72. The third kappa shape index (κ3) is 2.59. The van der Waals surface area contributed by atoms with Gasteiger partial charge in [0.1, 0.15) is 12.7 Å². The van der Waals surface area contributed by atoms with Crippen molar-refractivity contribution in [2.24, 2.45) is 11.3 Å². The molecule has 0 bridgehead atoms. The molecule has 7 nitrogen and oxygen atoms in total. The molecule has 2 amide bonds. The summed E-state index contributed by atoms with van der Waals surface area (Å²) in [6.07, 6.45) is 3.04. The first-order valence-corrected chi connectivity index (χ1v) is 8.51. The standard InChI is InChI=1S/C18H21N5O2/c1-13(2)16(24)21-7-18(8-21)9-22(10-18)17(25)14-5-3-4-6-15(14)23-12-19-11-20-23/h3-6,11-13H,7-10H2,1-2H3. The van der Waals surface area contributed by atoms with Crippen LogP contribution in [0.2, 0.25) is 0 Å². The van der Waals surface area contributed by atoms with Gasteiger partial charge >= 0.3 is 0 Å². The van der Waals surface area contributed by atoms with Crippen LogP contribution in [0.15, 0.2) is 36.9 Å². The molecule has 0 saturated carbocycles. The number of likely N-dealkylation sites (tertiary alicyclic amines) is 2. The molecule has 2 aliphatic heterocycles. The maximum atomic E-state index is 12.9. The zero-order valence-electron chi connectivity index (χ0n) is 14.4. The number of carbonyl (C=O) groups is 2. The van der Waals surface area contributed by atoms with E-state index in [1.54, 1.807) is 11.0 Å². The van der Waals surface area contributed by atoms with Crippen LogP contribution in [-0.2, 0) is 4.79 Å². The van der Waals surface area contributed by atoms with E-state index in [1.165, 1.54) is 6.33 Å². The fraction of sp³-hybridized carbons (Fsp3) is 0.444. The van der Waals surface area contributed by atoms with Crippen LogP contribution < -0.4 is 0 Å². The zero-order valence-corrected chi connectivity index (χ0v) is 14.4. The van der Waals surface area contributed by atoms with Crippen molar-refractivity contribution in [2.75, 3.05) is 26.2 Å². The fourth-order valence-corrected chi connectivity index (χ4v) is 3.75. The van der Waals surface area contributed by atoms with Gasteiger partial charge in [-0.2, -0.15) is 5.10 Å². The molecule has 3 heterocycles. The van der Waals surface area contributed by atoms with Gasteiger partial charge in [-0.3, -0.25) is 9.59 Å². The number of nitrogens with zero attached hydrogens (tertiary/aromatic N) is 5. The van der Waals surface area contributed by atoms with Crippen molar-refractivity contribution >= 4 is 11.8 Å². The smallest absolute Gasteiger partial charge is 0.256 e. The average molecular weight is 339 g/mol. The number of aromatic nitrogens is 3. The largest absolute Gasteiger partial charge is 0.341 e. The summed E-state index contributed by atoms with van der Waals surface area (Å²) in [4.78, 5) is 32.6. The number of para-hydroxylation sites is 1. The van der Waals surface area contributed by atoms with Gasteiger partial charge in [0.05, 0.1) is 11.3 Å². The van der Waals surface area contributed by atoms with E-state index in [-0.39, 0.29) is 23.1 Å². The third-order valence-electron chi connectivity index (χ3n) is 5.00. The lowest BCUT2D eigenvalue weighted by molar-refractivity contribution is -0.157. The van der Waals surface area contributed by atoms with Crippen molar-refractivity contribution < 1.29 is 9.59 Å². The molecule has 2 aromatic rings. The number of hydrogen-bond acceptors (Lipinski definition) is 4. The van der Waals surface area contributed by atoms with Gasteiger partial charge in [0.15, 0.2) is 0 Å². The van der Waals surface area contributed by atoms with Crippen LogP contribution in [0.3, 0.4) is 0 Å². The minimum atomic E-state index is 0.00496. The van der Waals surface area contributed by atoms with Crippen molar-refractivity contribution in [3.63, 3.8) is 0 Å². The molecule has 7 heteroatoms. The van der Waals surface area contributed by atoms with E-state index >= 15 is 0 Å². The third-order valence-corrected chi connectivity index (χ3v) is 5.00. The topological polar surface area (TPSA) is 71.3 Å². The Morgan fingerprint density at radius 2 is 1.76 bits per heavy atom. The molecule has 2 fully saturated rings. The Hall–Kier alpha value is -2.70. The van der Waals surface area contributed by atoms with Gasteiger partial charge < -0.3 is 9.80 Å². The van der Waals surface area contributed by atoms with Crippen molar-refractivity contribution in [3.05, 3.63) is 42.5 Å². The number of amides is 2. The first-order chi connectivity index (χ1) is 12.0. The van der Waals surface area contributed by atoms with E-state index in [2.05, 4.69) is 10.1 Å². The monoisotopic (exact) mass is 339 g/mol. The quantitative estimate of drug-likeness (QED) is 0.843. The van der Waals surface area contributed by atoms with Gasteiger partial charge in [-0.1, -0.05) is 26.0 Å². The molecular weight excluding hydrogens is 318 g/mol. The van der Waals surface area contributed by atoms with Crippen LogP contribution in [0.25, 0.3) is 5.69 Å². The van der Waals surface area contributed by atoms with Crippen LogP contribution in [0.1, 0.15) is 24.2 Å². The van der Waals surface area contributed by atoms with Gasteiger partial charge in [0, 0.05) is 37.5 Å². The Bertz CT molecular complexity index is 801. The first kappa shape index (κ1) is 15.8. The van der Waals surface area contributed by atoms with Crippen molar-refractivity contribution in [1.29, 1.82) is 0 Å². The fourth-order valence-electron chi connectivity index (χ4n) is 3.75. The Balaban J connectivity index is 1.43. The molecule has 130 valence electrons. The minimum Gasteiger partial charge on any atom is -0.341 e. The highest BCUT2D eigenvalue weighted by molar-refractivity contribution is 5.98. The normalized spacial score (nSPS) is 18.2. The summed E-state index contributed by atoms with van der Waals surface area (Å²) in [5.74, 6) is 0.238. The molecule has 2 saturated heterocycles. The number of benzene rings is 1. The maximum Gasteiger partial charge on any atom is 0.256 e. The highest BCUT2D eigenvalue weighted by atomic mass is 16.2. The van der Waals surface area contributed by atoms with Crippen molar-refractivity contribution in [1.82, 2.24) is 24.6 Å². The second-order valence-corrected chi connectivity index (χ2v) is 7.37. The Labute approximate surface area is 146 Å². The van der Waals surface area contributed by atoms with E-state index in [1.807, 2.05) is 47.9 Å². The van der Waals surface area contributed by atoms with Crippen LogP contribution in [0, 0.1) is 11.3 Å². The molecule has 0 N–H and O–H groups in total. The molecule has 25 heavy (non-hydrogen) atoms. The summed E-state index contributed by atoms with van der Waals surface area (Å²) in [6, 6.07) is 7.42. The Morgan fingerprint density at radius 3 is 2.40 bits per heavy atom. The zero-order chi connectivity index (χ0) is 17.6. The predicted octanol–water partition coefficient (Wildman–Crippen LogP) is 1.21. The van der Waals surface area contributed by atoms with Gasteiger partial charge in [-0.25, -0.2) is 9.67 Å². The molecule has 0 atom stereocenters. The molecule has 2 aliphatic rings. The van der Waals surface area contributed by atoms with Crippen molar-refractivity contribution in [3.8, 4) is 5.69 Å².